The Bertz CT molecular complexity index is 8780. The van der Waals surface area contributed by atoms with Gasteiger partial charge in [-0.1, -0.05) is 449 Å². The van der Waals surface area contributed by atoms with Gasteiger partial charge in [-0.2, -0.15) is 49.8 Å². The molecule has 670 valence electrons. The number of benzene rings is 20. The van der Waals surface area contributed by atoms with Gasteiger partial charge in [0.1, 0.15) is 0 Å². The van der Waals surface area contributed by atoms with Crippen molar-refractivity contribution >= 4 is 133 Å². The molecule has 0 unspecified atom stereocenters. The second-order valence-corrected chi connectivity index (χ2v) is 34.5. The van der Waals surface area contributed by atoms with E-state index in [1.165, 1.54) is 10.9 Å². The number of rotatable bonds is 13. The standard InChI is InChI=1S/3C25H16ClN3.2C23H14ClN3/c26-25-28-23(20-13-6-12-19(16-20)17-8-2-1-3-9-17)27-24(29-25)22-15-7-11-18-10-4-5-14-21(18)22;26-25-28-23(21-15-7-6-14-19(21)17-9-2-1-3-10-17)27-24(29-25)22-16-8-12-18-11-4-5-13-20(18)22;26-25-28-23(20-15-13-18(14-16-20)17-7-2-1-3-8-17)27-24(29-25)22-12-6-10-19-9-4-5-11-21(19)22;24-23-26-21(19-13-5-9-15-7-1-3-11-17(15)19)25-22(27-23)20-14-6-10-16-8-2-4-12-18(16)20;24-23-26-21(18-13-12-15-6-1-2-8-17(15)14-18)25-22(27-23)20-11-5-9-16-7-3-4-10-19(16)20/h3*1-16H;2*1-14H. The summed E-state index contributed by atoms with van der Waals surface area (Å²) in [6.07, 6.45) is 0. The summed E-state index contributed by atoms with van der Waals surface area (Å²) in [4.78, 5) is 67.7. The Morgan fingerprint density at radius 1 is 0.106 bits per heavy atom. The summed E-state index contributed by atoms with van der Waals surface area (Å²) in [7, 11) is 0. The highest BCUT2D eigenvalue weighted by Crippen LogP contribution is 2.39. The number of halogens is 5. The summed E-state index contributed by atoms with van der Waals surface area (Å²) < 4.78 is 0. The fourth-order valence-electron chi connectivity index (χ4n) is 17.3. The van der Waals surface area contributed by atoms with Crippen molar-refractivity contribution in [3.63, 3.8) is 0 Å². The lowest BCUT2D eigenvalue weighted by molar-refractivity contribution is 1.07. The quantitative estimate of drug-likeness (QED) is 0.106. The van der Waals surface area contributed by atoms with Crippen molar-refractivity contribution in [2.45, 2.75) is 0 Å². The Morgan fingerprint density at radius 2 is 0.305 bits per heavy atom. The second kappa shape index (κ2) is 41.7. The molecule has 5 aromatic heterocycles. The van der Waals surface area contributed by atoms with Crippen LogP contribution in [0.5, 0.6) is 0 Å². The smallest absolute Gasteiger partial charge is 0.208 e. The van der Waals surface area contributed by atoms with Gasteiger partial charge < -0.3 is 0 Å². The van der Waals surface area contributed by atoms with Crippen LogP contribution in [0.25, 0.3) is 223 Å². The zero-order valence-corrected chi connectivity index (χ0v) is 78.8. The van der Waals surface area contributed by atoms with Crippen LogP contribution in [-0.2, 0) is 0 Å². The van der Waals surface area contributed by atoms with Crippen LogP contribution in [0.3, 0.4) is 0 Å². The first-order valence-corrected chi connectivity index (χ1v) is 47.2. The molecule has 0 N–H and O–H groups in total. The van der Waals surface area contributed by atoms with Crippen molar-refractivity contribution in [1.82, 2.24) is 74.8 Å². The minimum atomic E-state index is 0.181. The van der Waals surface area contributed by atoms with Crippen LogP contribution in [0.4, 0.5) is 0 Å². The SMILES string of the molecule is Clc1nc(-c2ccc(-c3ccccc3)cc2)nc(-c2cccc3ccccc23)n1.Clc1nc(-c2ccc3ccccc3c2)nc(-c2cccc3ccccc23)n1.Clc1nc(-c2cccc(-c3ccccc3)c2)nc(-c2cccc3ccccc23)n1.Clc1nc(-c2cccc3ccccc23)nc(-c2cccc3ccccc23)n1.Clc1nc(-c2ccccc2-c2ccccc2)nc(-c2cccc3ccccc23)n1. The van der Waals surface area contributed by atoms with E-state index in [0.29, 0.717) is 58.2 Å². The van der Waals surface area contributed by atoms with Gasteiger partial charge in [-0.3, -0.25) is 0 Å². The van der Waals surface area contributed by atoms with E-state index < -0.39 is 0 Å². The third-order valence-electron chi connectivity index (χ3n) is 24.0. The van der Waals surface area contributed by atoms with E-state index in [0.717, 1.165) is 153 Å². The van der Waals surface area contributed by atoms with E-state index in [9.17, 15) is 0 Å². The molecule has 25 aromatic rings. The molecule has 0 atom stereocenters. The van der Waals surface area contributed by atoms with Gasteiger partial charge in [0, 0.05) is 55.6 Å². The number of hydrogen-bond donors (Lipinski definition) is 0. The second-order valence-electron chi connectivity index (χ2n) is 32.8. The molecule has 25 rings (SSSR count). The molecule has 0 aliphatic rings. The van der Waals surface area contributed by atoms with Gasteiger partial charge >= 0.3 is 0 Å². The third-order valence-corrected chi connectivity index (χ3v) is 24.8. The molecule has 0 aliphatic carbocycles. The van der Waals surface area contributed by atoms with E-state index >= 15 is 0 Å². The summed E-state index contributed by atoms with van der Waals surface area (Å²) in [6.45, 7) is 0. The lowest BCUT2D eigenvalue weighted by Gasteiger charge is -2.11. The summed E-state index contributed by atoms with van der Waals surface area (Å²) >= 11 is 31.4. The van der Waals surface area contributed by atoms with E-state index in [1.807, 2.05) is 261 Å². The third kappa shape index (κ3) is 20.5. The van der Waals surface area contributed by atoms with Crippen LogP contribution >= 0.6 is 58.0 Å². The van der Waals surface area contributed by atoms with E-state index in [2.05, 4.69) is 250 Å². The molecular formula is C121H76Cl5N15. The summed E-state index contributed by atoms with van der Waals surface area (Å²) in [5, 5.41) is 16.6. The zero-order valence-electron chi connectivity index (χ0n) is 75.0. The minimum Gasteiger partial charge on any atom is -0.208 e. The van der Waals surface area contributed by atoms with E-state index in [4.69, 9.17) is 82.9 Å². The lowest BCUT2D eigenvalue weighted by atomic mass is 9.99. The van der Waals surface area contributed by atoms with Gasteiger partial charge in [-0.05, 0) is 179 Å². The van der Waals surface area contributed by atoms with E-state index in [1.54, 1.807) is 0 Å². The Morgan fingerprint density at radius 3 is 0.652 bits per heavy atom. The highest BCUT2D eigenvalue weighted by Gasteiger charge is 2.21. The van der Waals surface area contributed by atoms with Crippen LogP contribution in [0.15, 0.2) is 461 Å². The molecule has 0 bridgehead atoms. The molecule has 15 nitrogen and oxygen atoms in total. The van der Waals surface area contributed by atoms with Crippen molar-refractivity contribution in [3.8, 4) is 147 Å². The Kier molecular flexibility index (Phi) is 26.7. The molecule has 0 saturated heterocycles. The van der Waals surface area contributed by atoms with Gasteiger partial charge in [0.2, 0.25) is 26.4 Å². The molecule has 20 heteroatoms. The molecule has 141 heavy (non-hydrogen) atoms. The lowest BCUT2D eigenvalue weighted by Crippen LogP contribution is -1.99. The zero-order chi connectivity index (χ0) is 95.3. The first kappa shape index (κ1) is 90.2. The van der Waals surface area contributed by atoms with Gasteiger partial charge in [0.25, 0.3) is 0 Å². The van der Waals surface area contributed by atoms with Crippen molar-refractivity contribution in [2.75, 3.05) is 0 Å². The van der Waals surface area contributed by atoms with Crippen LogP contribution < -0.4 is 0 Å². The molecule has 20 aromatic carbocycles. The fraction of sp³-hybridized carbons (Fsp3) is 0. The molecule has 0 fully saturated rings. The molecular weight excluding hydrogens is 1840 g/mol. The number of nitrogens with zero attached hydrogens (tertiary/aromatic N) is 15. The van der Waals surface area contributed by atoms with E-state index in [-0.39, 0.29) is 26.4 Å². The van der Waals surface area contributed by atoms with Crippen LogP contribution in [0.2, 0.25) is 26.4 Å². The Hall–Kier alpha value is -17.3. The van der Waals surface area contributed by atoms with Crippen molar-refractivity contribution < 1.29 is 0 Å². The maximum absolute atomic E-state index is 6.34. The maximum Gasteiger partial charge on any atom is 0.226 e. The average Bonchev–Trinajstić information content (AvgIpc) is 0.786. The largest absolute Gasteiger partial charge is 0.226 e. The van der Waals surface area contributed by atoms with Crippen molar-refractivity contribution in [2.24, 2.45) is 0 Å². The number of hydrogen-bond acceptors (Lipinski definition) is 15. The monoisotopic (exact) mass is 1910 g/mol. The molecule has 0 spiro atoms. The van der Waals surface area contributed by atoms with Gasteiger partial charge in [-0.15, -0.1) is 0 Å². The Balaban J connectivity index is 0.000000104. The molecule has 0 radical (unpaired) electrons. The van der Waals surface area contributed by atoms with Crippen molar-refractivity contribution in [3.05, 3.63) is 487 Å². The molecule has 0 aliphatic heterocycles. The molecule has 5 heterocycles. The van der Waals surface area contributed by atoms with Crippen molar-refractivity contribution in [1.29, 1.82) is 0 Å². The first-order chi connectivity index (χ1) is 69.4. The predicted molar refractivity (Wildman–Crippen MR) is 577 cm³/mol. The van der Waals surface area contributed by atoms with Gasteiger partial charge in [-0.25, -0.2) is 24.9 Å². The predicted octanol–water partition coefficient (Wildman–Crippen LogP) is 32.4. The highest BCUT2D eigenvalue weighted by molar-refractivity contribution is 6.30. The van der Waals surface area contributed by atoms with Gasteiger partial charge in [0.05, 0.1) is 0 Å². The summed E-state index contributed by atoms with van der Waals surface area (Å²) in [5.41, 5.74) is 16.0. The fourth-order valence-corrected chi connectivity index (χ4v) is 18.1. The van der Waals surface area contributed by atoms with Crippen LogP contribution in [-0.4, -0.2) is 74.8 Å². The average molecular weight is 1920 g/mol. The summed E-state index contributed by atoms with van der Waals surface area (Å²) in [5.74, 6) is 5.71. The molecule has 0 saturated carbocycles. The maximum atomic E-state index is 6.34. The normalized spacial score (nSPS) is 11.0. The summed E-state index contributed by atoms with van der Waals surface area (Å²) in [6, 6.07) is 155. The first-order valence-electron chi connectivity index (χ1n) is 45.3. The number of fused-ring (bicyclic) bond motifs is 7. The molecule has 0 amide bonds. The number of aromatic nitrogens is 15. The highest BCUT2D eigenvalue weighted by atomic mass is 35.5. The van der Waals surface area contributed by atoms with Crippen LogP contribution in [0, 0.1) is 0 Å². The van der Waals surface area contributed by atoms with Gasteiger partial charge in [0.15, 0.2) is 58.2 Å². The Labute approximate surface area is 836 Å². The topological polar surface area (TPSA) is 193 Å². The van der Waals surface area contributed by atoms with Crippen LogP contribution in [0.1, 0.15) is 0 Å². The minimum absolute atomic E-state index is 0.181.